The molecule has 2 aromatic heterocycles. The number of nitrogens with one attached hydrogen (secondary N) is 1. The smallest absolute Gasteiger partial charge is 0.253 e. The number of anilines is 1. The Kier molecular flexibility index (Phi) is 3.63. The topological polar surface area (TPSA) is 88.9 Å². The van der Waals surface area contributed by atoms with E-state index in [9.17, 15) is 4.79 Å². The Morgan fingerprint density at radius 3 is 3.00 bits per heavy atom. The standard InChI is InChI=1S/C21H20N6O/c1-26(19-16-5-8-23-18(16)24-13-25-19)17-11-27(12-21(17)6-7-21)20(28)15-4-2-3-14(9-15)10-22/h2-5,8-9,13,17H,6-7,11-12H2,1H3,(H,23,24,25)/t17-/m0/s1. The highest BCUT2D eigenvalue weighted by Gasteiger charge is 2.57. The summed E-state index contributed by atoms with van der Waals surface area (Å²) in [4.78, 5) is 29.1. The van der Waals surface area contributed by atoms with E-state index in [1.165, 1.54) is 0 Å². The Morgan fingerprint density at radius 1 is 1.36 bits per heavy atom. The second-order valence-electron chi connectivity index (χ2n) is 7.80. The van der Waals surface area contributed by atoms with Crippen molar-refractivity contribution >= 4 is 22.8 Å². The molecule has 2 aliphatic rings. The maximum atomic E-state index is 13.1. The minimum absolute atomic E-state index is 0.00578. The van der Waals surface area contributed by atoms with Gasteiger partial charge in [0.1, 0.15) is 17.8 Å². The monoisotopic (exact) mass is 372 g/mol. The lowest BCUT2D eigenvalue weighted by Crippen LogP contribution is -2.40. The summed E-state index contributed by atoms with van der Waals surface area (Å²) in [6, 6.07) is 11.3. The van der Waals surface area contributed by atoms with E-state index < -0.39 is 0 Å². The van der Waals surface area contributed by atoms with Crippen LogP contribution in [0.4, 0.5) is 5.82 Å². The van der Waals surface area contributed by atoms with Crippen LogP contribution >= 0.6 is 0 Å². The highest BCUT2D eigenvalue weighted by atomic mass is 16.2. The first-order valence-electron chi connectivity index (χ1n) is 9.42. The second kappa shape index (κ2) is 6.06. The Balaban J connectivity index is 1.43. The fourth-order valence-electron chi connectivity index (χ4n) is 4.48. The number of likely N-dealkylation sites (N-methyl/N-ethyl adjacent to an activating group) is 1. The molecule has 1 saturated carbocycles. The Morgan fingerprint density at radius 2 is 2.21 bits per heavy atom. The van der Waals surface area contributed by atoms with Crippen LogP contribution in [0.2, 0.25) is 0 Å². The van der Waals surface area contributed by atoms with E-state index in [-0.39, 0.29) is 17.4 Å². The van der Waals surface area contributed by atoms with E-state index >= 15 is 0 Å². The molecular weight excluding hydrogens is 352 g/mol. The predicted molar refractivity (Wildman–Crippen MR) is 105 cm³/mol. The average Bonchev–Trinajstić information content (AvgIpc) is 3.16. The zero-order valence-corrected chi connectivity index (χ0v) is 15.6. The number of carbonyl (C=O) groups excluding carboxylic acids is 1. The van der Waals surface area contributed by atoms with Gasteiger partial charge in [0, 0.05) is 37.3 Å². The van der Waals surface area contributed by atoms with Crippen molar-refractivity contribution in [1.29, 1.82) is 5.26 Å². The number of aromatic nitrogens is 3. The lowest BCUT2D eigenvalue weighted by atomic mass is 9.99. The fourth-order valence-corrected chi connectivity index (χ4v) is 4.48. The van der Waals surface area contributed by atoms with Crippen LogP contribution in [0.5, 0.6) is 0 Å². The number of amides is 1. The van der Waals surface area contributed by atoms with Gasteiger partial charge in [0.2, 0.25) is 0 Å². The van der Waals surface area contributed by atoms with Gasteiger partial charge in [-0.05, 0) is 37.1 Å². The summed E-state index contributed by atoms with van der Waals surface area (Å²) in [5.74, 6) is 0.886. The number of carbonyl (C=O) groups is 1. The minimum Gasteiger partial charge on any atom is -0.354 e. The molecule has 2 fully saturated rings. The third kappa shape index (κ3) is 2.53. The molecule has 7 nitrogen and oxygen atoms in total. The van der Waals surface area contributed by atoms with Gasteiger partial charge >= 0.3 is 0 Å². The van der Waals surface area contributed by atoms with Crippen LogP contribution in [0.25, 0.3) is 11.0 Å². The van der Waals surface area contributed by atoms with Gasteiger partial charge in [0.05, 0.1) is 23.1 Å². The zero-order valence-electron chi connectivity index (χ0n) is 15.6. The largest absolute Gasteiger partial charge is 0.354 e. The molecule has 1 atom stereocenters. The van der Waals surface area contributed by atoms with Crippen molar-refractivity contribution in [2.45, 2.75) is 18.9 Å². The van der Waals surface area contributed by atoms with Crippen molar-refractivity contribution in [2.75, 3.05) is 25.0 Å². The molecule has 5 rings (SSSR count). The zero-order chi connectivity index (χ0) is 19.3. The van der Waals surface area contributed by atoms with Crippen LogP contribution in [-0.4, -0.2) is 51.9 Å². The van der Waals surface area contributed by atoms with Crippen molar-refractivity contribution < 1.29 is 4.79 Å². The molecule has 1 saturated heterocycles. The number of nitriles is 1. The number of rotatable bonds is 3. The number of nitrogens with zero attached hydrogens (tertiary/aromatic N) is 5. The van der Waals surface area contributed by atoms with E-state index in [4.69, 9.17) is 5.26 Å². The molecular formula is C21H20N6O. The number of benzene rings is 1. The van der Waals surface area contributed by atoms with Gasteiger partial charge < -0.3 is 14.8 Å². The minimum atomic E-state index is -0.00578. The molecule has 28 heavy (non-hydrogen) atoms. The molecule has 7 heteroatoms. The molecule has 1 aliphatic heterocycles. The van der Waals surface area contributed by atoms with Gasteiger partial charge in [0.25, 0.3) is 5.91 Å². The number of H-pyrrole nitrogens is 1. The quantitative estimate of drug-likeness (QED) is 0.763. The predicted octanol–water partition coefficient (Wildman–Crippen LogP) is 2.57. The third-order valence-corrected chi connectivity index (χ3v) is 6.16. The highest BCUT2D eigenvalue weighted by Crippen LogP contribution is 2.55. The summed E-state index contributed by atoms with van der Waals surface area (Å²) < 4.78 is 0. The van der Waals surface area contributed by atoms with Crippen molar-refractivity contribution in [3.8, 4) is 6.07 Å². The first-order chi connectivity index (χ1) is 13.6. The van der Waals surface area contributed by atoms with Gasteiger partial charge in [0.15, 0.2) is 0 Å². The summed E-state index contributed by atoms with van der Waals surface area (Å²) >= 11 is 0. The Bertz CT molecular complexity index is 1110. The SMILES string of the molecule is CN(c1ncnc2[nH]ccc12)[C@H]1CN(C(=O)c2cccc(C#N)c2)CC12CC2. The van der Waals surface area contributed by atoms with Gasteiger partial charge in [-0.15, -0.1) is 0 Å². The van der Waals surface area contributed by atoms with Crippen molar-refractivity contribution in [1.82, 2.24) is 19.9 Å². The Hall–Kier alpha value is -3.40. The van der Waals surface area contributed by atoms with Gasteiger partial charge in [-0.3, -0.25) is 4.79 Å². The van der Waals surface area contributed by atoms with Crippen molar-refractivity contribution in [2.24, 2.45) is 5.41 Å². The molecule has 1 aromatic carbocycles. The van der Waals surface area contributed by atoms with E-state index in [0.29, 0.717) is 17.7 Å². The maximum absolute atomic E-state index is 13.1. The van der Waals surface area contributed by atoms with E-state index in [1.807, 2.05) is 17.2 Å². The van der Waals surface area contributed by atoms with Crippen LogP contribution in [0.15, 0.2) is 42.9 Å². The van der Waals surface area contributed by atoms with Gasteiger partial charge in [-0.25, -0.2) is 9.97 Å². The van der Waals surface area contributed by atoms with Crippen LogP contribution in [-0.2, 0) is 0 Å². The molecule has 3 heterocycles. The van der Waals surface area contributed by atoms with Crippen molar-refractivity contribution in [3.63, 3.8) is 0 Å². The summed E-state index contributed by atoms with van der Waals surface area (Å²) in [5, 5.41) is 10.1. The average molecular weight is 372 g/mol. The lowest BCUT2D eigenvalue weighted by molar-refractivity contribution is 0.0784. The molecule has 1 N–H and O–H groups in total. The molecule has 3 aromatic rings. The molecule has 0 bridgehead atoms. The van der Waals surface area contributed by atoms with Crippen LogP contribution in [0, 0.1) is 16.7 Å². The van der Waals surface area contributed by atoms with E-state index in [2.05, 4.69) is 33.0 Å². The normalized spacial score (nSPS) is 19.7. The maximum Gasteiger partial charge on any atom is 0.253 e. The number of fused-ring (bicyclic) bond motifs is 1. The number of hydrogen-bond donors (Lipinski definition) is 1. The lowest BCUT2D eigenvalue weighted by Gasteiger charge is -2.30. The molecule has 1 amide bonds. The number of hydrogen-bond acceptors (Lipinski definition) is 5. The number of aromatic amines is 1. The van der Waals surface area contributed by atoms with Gasteiger partial charge in [-0.1, -0.05) is 6.07 Å². The Labute approximate surface area is 162 Å². The summed E-state index contributed by atoms with van der Waals surface area (Å²) in [7, 11) is 2.06. The summed E-state index contributed by atoms with van der Waals surface area (Å²) in [6.45, 7) is 1.40. The molecule has 0 radical (unpaired) electrons. The van der Waals surface area contributed by atoms with Crippen LogP contribution < -0.4 is 4.90 Å². The molecule has 140 valence electrons. The second-order valence-corrected chi connectivity index (χ2v) is 7.80. The molecule has 1 aliphatic carbocycles. The van der Waals surface area contributed by atoms with Crippen LogP contribution in [0.1, 0.15) is 28.8 Å². The van der Waals surface area contributed by atoms with E-state index in [1.54, 1.807) is 30.6 Å². The first-order valence-corrected chi connectivity index (χ1v) is 9.42. The molecule has 1 spiro atoms. The summed E-state index contributed by atoms with van der Waals surface area (Å²) in [5.41, 5.74) is 2.04. The fraction of sp³-hybridized carbons (Fsp3) is 0.333. The van der Waals surface area contributed by atoms with Crippen molar-refractivity contribution in [3.05, 3.63) is 54.0 Å². The molecule has 0 unspecified atom stereocenters. The highest BCUT2D eigenvalue weighted by molar-refractivity contribution is 5.95. The van der Waals surface area contributed by atoms with Gasteiger partial charge in [-0.2, -0.15) is 5.26 Å². The number of likely N-dealkylation sites (tertiary alicyclic amines) is 1. The first kappa shape index (κ1) is 16.8. The van der Waals surface area contributed by atoms with Crippen LogP contribution in [0.3, 0.4) is 0 Å². The summed E-state index contributed by atoms with van der Waals surface area (Å²) in [6.07, 6.45) is 5.68. The van der Waals surface area contributed by atoms with E-state index in [0.717, 1.165) is 36.2 Å². The third-order valence-electron chi connectivity index (χ3n) is 6.16.